The molecule has 0 spiro atoms. The molecule has 3 rings (SSSR count). The van der Waals surface area contributed by atoms with E-state index in [1.165, 1.54) is 0 Å². The first-order valence-electron chi connectivity index (χ1n) is 6.17. The molecule has 0 aliphatic carbocycles. The lowest BCUT2D eigenvalue weighted by molar-refractivity contribution is 0.585. The molecule has 1 N–H and O–H groups in total. The number of fused-ring (bicyclic) bond motifs is 1. The van der Waals surface area contributed by atoms with Gasteiger partial charge in [0.2, 0.25) is 0 Å². The highest BCUT2D eigenvalue weighted by atomic mass is 15.2. The summed E-state index contributed by atoms with van der Waals surface area (Å²) < 4.78 is 0. The summed E-state index contributed by atoms with van der Waals surface area (Å²) in [6.07, 6.45) is 1.57. The number of aryl methyl sites for hydroxylation is 2. The minimum absolute atomic E-state index is 0.682. The summed E-state index contributed by atoms with van der Waals surface area (Å²) in [5, 5.41) is 3.33. The molecule has 0 aromatic carbocycles. The van der Waals surface area contributed by atoms with Crippen molar-refractivity contribution in [3.63, 3.8) is 0 Å². The van der Waals surface area contributed by atoms with E-state index in [2.05, 4.69) is 30.2 Å². The molecule has 0 unspecified atom stereocenters. The SMILES string of the molecule is Cc1nc2ncnc(N3CCNCC3)c2nc1C. The summed E-state index contributed by atoms with van der Waals surface area (Å²) in [6.45, 7) is 7.76. The molecule has 94 valence electrons. The van der Waals surface area contributed by atoms with E-state index in [-0.39, 0.29) is 0 Å². The molecule has 1 aliphatic rings. The van der Waals surface area contributed by atoms with E-state index in [1.807, 2.05) is 13.8 Å². The van der Waals surface area contributed by atoms with Crippen LogP contribution >= 0.6 is 0 Å². The first-order valence-corrected chi connectivity index (χ1v) is 6.17. The number of rotatable bonds is 1. The maximum absolute atomic E-state index is 4.60. The first-order chi connectivity index (χ1) is 8.75. The number of nitrogens with one attached hydrogen (secondary N) is 1. The van der Waals surface area contributed by atoms with Crippen LogP contribution in [-0.4, -0.2) is 46.1 Å². The molecule has 0 saturated carbocycles. The molecule has 0 amide bonds. The Balaban J connectivity index is 2.13. The van der Waals surface area contributed by atoms with Crippen LogP contribution in [0.2, 0.25) is 0 Å². The average Bonchev–Trinajstić information content (AvgIpc) is 2.40. The number of aromatic nitrogens is 4. The van der Waals surface area contributed by atoms with Gasteiger partial charge >= 0.3 is 0 Å². The lowest BCUT2D eigenvalue weighted by Gasteiger charge is -2.28. The average molecular weight is 244 g/mol. The molecule has 6 nitrogen and oxygen atoms in total. The number of piperazine rings is 1. The smallest absolute Gasteiger partial charge is 0.183 e. The van der Waals surface area contributed by atoms with Crippen molar-refractivity contribution in [2.75, 3.05) is 31.1 Å². The third-order valence-electron chi connectivity index (χ3n) is 3.28. The third-order valence-corrected chi connectivity index (χ3v) is 3.28. The molecule has 3 heterocycles. The van der Waals surface area contributed by atoms with Gasteiger partial charge in [0.25, 0.3) is 0 Å². The monoisotopic (exact) mass is 244 g/mol. The zero-order valence-corrected chi connectivity index (χ0v) is 10.6. The minimum atomic E-state index is 0.682. The van der Waals surface area contributed by atoms with Crippen LogP contribution in [0.5, 0.6) is 0 Å². The van der Waals surface area contributed by atoms with Crippen molar-refractivity contribution in [2.24, 2.45) is 0 Å². The Morgan fingerprint density at radius 1 is 1.06 bits per heavy atom. The van der Waals surface area contributed by atoms with E-state index in [0.29, 0.717) is 5.65 Å². The number of hydrogen-bond donors (Lipinski definition) is 1. The van der Waals surface area contributed by atoms with E-state index in [9.17, 15) is 0 Å². The van der Waals surface area contributed by atoms with Gasteiger partial charge < -0.3 is 10.2 Å². The van der Waals surface area contributed by atoms with Crippen molar-refractivity contribution >= 4 is 17.0 Å². The van der Waals surface area contributed by atoms with Crippen molar-refractivity contribution < 1.29 is 0 Å². The van der Waals surface area contributed by atoms with Crippen LogP contribution in [0.3, 0.4) is 0 Å². The van der Waals surface area contributed by atoms with Gasteiger partial charge in [-0.15, -0.1) is 0 Å². The quantitative estimate of drug-likeness (QED) is 0.785. The first kappa shape index (κ1) is 11.3. The second kappa shape index (κ2) is 4.45. The summed E-state index contributed by atoms with van der Waals surface area (Å²) in [4.78, 5) is 19.9. The predicted octanol–water partition coefficient (Wildman–Crippen LogP) is 0.446. The Morgan fingerprint density at radius 2 is 1.78 bits per heavy atom. The highest BCUT2D eigenvalue weighted by Crippen LogP contribution is 2.21. The topological polar surface area (TPSA) is 66.8 Å². The van der Waals surface area contributed by atoms with Crippen LogP contribution in [-0.2, 0) is 0 Å². The number of nitrogens with zero attached hydrogens (tertiary/aromatic N) is 5. The lowest BCUT2D eigenvalue weighted by Crippen LogP contribution is -2.44. The second-order valence-electron chi connectivity index (χ2n) is 4.50. The molecule has 6 heteroatoms. The van der Waals surface area contributed by atoms with Crippen molar-refractivity contribution in [2.45, 2.75) is 13.8 Å². The largest absolute Gasteiger partial charge is 0.352 e. The summed E-state index contributed by atoms with van der Waals surface area (Å²) >= 11 is 0. The summed E-state index contributed by atoms with van der Waals surface area (Å²) in [5.74, 6) is 0.900. The Hall–Kier alpha value is -1.82. The van der Waals surface area contributed by atoms with Crippen LogP contribution in [0.25, 0.3) is 11.2 Å². The van der Waals surface area contributed by atoms with Gasteiger partial charge in [0.15, 0.2) is 17.0 Å². The molecule has 18 heavy (non-hydrogen) atoms. The highest BCUT2D eigenvalue weighted by molar-refractivity contribution is 5.82. The van der Waals surface area contributed by atoms with Gasteiger partial charge in [0, 0.05) is 26.2 Å². The van der Waals surface area contributed by atoms with Gasteiger partial charge in [0.1, 0.15) is 6.33 Å². The predicted molar refractivity (Wildman–Crippen MR) is 69.7 cm³/mol. The van der Waals surface area contributed by atoms with Gasteiger partial charge in [-0.1, -0.05) is 0 Å². The molecule has 1 aliphatic heterocycles. The van der Waals surface area contributed by atoms with Gasteiger partial charge in [-0.2, -0.15) is 0 Å². The lowest BCUT2D eigenvalue weighted by atomic mass is 10.3. The zero-order valence-electron chi connectivity index (χ0n) is 10.6. The normalized spacial score (nSPS) is 16.2. The highest BCUT2D eigenvalue weighted by Gasteiger charge is 2.17. The van der Waals surface area contributed by atoms with Crippen LogP contribution < -0.4 is 10.2 Å². The Labute approximate surface area is 105 Å². The van der Waals surface area contributed by atoms with Crippen LogP contribution in [0, 0.1) is 13.8 Å². The van der Waals surface area contributed by atoms with Gasteiger partial charge in [-0.3, -0.25) is 0 Å². The van der Waals surface area contributed by atoms with E-state index in [4.69, 9.17) is 0 Å². The standard InChI is InChI=1S/C12H16N6/c1-8-9(2)17-11-10(16-8)12(15-7-14-11)18-5-3-13-4-6-18/h7,13H,3-6H2,1-2H3. The van der Waals surface area contributed by atoms with Crippen molar-refractivity contribution in [1.82, 2.24) is 25.3 Å². The number of anilines is 1. The van der Waals surface area contributed by atoms with Crippen molar-refractivity contribution in [1.29, 1.82) is 0 Å². The maximum atomic E-state index is 4.60. The van der Waals surface area contributed by atoms with E-state index < -0.39 is 0 Å². The minimum Gasteiger partial charge on any atom is -0.352 e. The fraction of sp³-hybridized carbons (Fsp3) is 0.500. The second-order valence-corrected chi connectivity index (χ2v) is 4.50. The summed E-state index contributed by atoms with van der Waals surface area (Å²) in [7, 11) is 0. The molecule has 2 aromatic heterocycles. The van der Waals surface area contributed by atoms with Crippen LogP contribution in [0.15, 0.2) is 6.33 Å². The summed E-state index contributed by atoms with van der Waals surface area (Å²) in [5.41, 5.74) is 3.35. The van der Waals surface area contributed by atoms with E-state index >= 15 is 0 Å². The Kier molecular flexibility index (Phi) is 2.79. The summed E-state index contributed by atoms with van der Waals surface area (Å²) in [6, 6.07) is 0. The van der Waals surface area contributed by atoms with Crippen LogP contribution in [0.4, 0.5) is 5.82 Å². The fourth-order valence-corrected chi connectivity index (χ4v) is 2.14. The molecule has 1 saturated heterocycles. The van der Waals surface area contributed by atoms with E-state index in [0.717, 1.165) is 48.9 Å². The van der Waals surface area contributed by atoms with E-state index in [1.54, 1.807) is 6.33 Å². The van der Waals surface area contributed by atoms with Crippen molar-refractivity contribution in [3.8, 4) is 0 Å². The molecular formula is C12H16N6. The molecule has 2 aromatic rings. The fourth-order valence-electron chi connectivity index (χ4n) is 2.14. The number of hydrogen-bond acceptors (Lipinski definition) is 6. The molecular weight excluding hydrogens is 228 g/mol. The van der Waals surface area contributed by atoms with Crippen molar-refractivity contribution in [3.05, 3.63) is 17.7 Å². The maximum Gasteiger partial charge on any atom is 0.183 e. The Morgan fingerprint density at radius 3 is 2.56 bits per heavy atom. The third kappa shape index (κ3) is 1.88. The van der Waals surface area contributed by atoms with Gasteiger partial charge in [0.05, 0.1) is 11.4 Å². The Bertz CT molecular complexity index is 576. The zero-order chi connectivity index (χ0) is 12.5. The molecule has 0 bridgehead atoms. The van der Waals surface area contributed by atoms with Gasteiger partial charge in [-0.25, -0.2) is 19.9 Å². The molecule has 0 atom stereocenters. The van der Waals surface area contributed by atoms with Crippen LogP contribution in [0.1, 0.15) is 11.4 Å². The van der Waals surface area contributed by atoms with Gasteiger partial charge in [-0.05, 0) is 13.8 Å². The molecule has 0 radical (unpaired) electrons. The molecule has 1 fully saturated rings.